The fourth-order valence-electron chi connectivity index (χ4n) is 3.52. The van der Waals surface area contributed by atoms with E-state index in [-0.39, 0.29) is 11.0 Å². The third kappa shape index (κ3) is 3.17. The van der Waals surface area contributed by atoms with Gasteiger partial charge in [-0.05, 0) is 18.7 Å². The van der Waals surface area contributed by atoms with Crippen molar-refractivity contribution in [2.45, 2.75) is 70.5 Å². The van der Waals surface area contributed by atoms with E-state index in [0.717, 1.165) is 18.1 Å². The minimum Gasteiger partial charge on any atom is -0.427 e. The summed E-state index contributed by atoms with van der Waals surface area (Å²) in [5.41, 5.74) is 0. The highest BCUT2D eigenvalue weighted by Crippen LogP contribution is 2.53. The first-order chi connectivity index (χ1) is 8.35. The second-order valence-electron chi connectivity index (χ2n) is 5.60. The van der Waals surface area contributed by atoms with Crippen molar-refractivity contribution in [3.8, 4) is 6.07 Å². The van der Waals surface area contributed by atoms with Crippen LogP contribution in [-0.4, -0.2) is 25.2 Å². The summed E-state index contributed by atoms with van der Waals surface area (Å²) in [6.07, 6.45) is 0.918. The molecule has 0 heterocycles. The summed E-state index contributed by atoms with van der Waals surface area (Å²) in [5.74, 6) is 0.271. The molecule has 0 aliphatic rings. The zero-order valence-electron chi connectivity index (χ0n) is 12.5. The van der Waals surface area contributed by atoms with Gasteiger partial charge in [-0.1, -0.05) is 52.8 Å². The van der Waals surface area contributed by atoms with Crippen LogP contribution in [0.25, 0.3) is 0 Å². The van der Waals surface area contributed by atoms with Crippen LogP contribution in [0.15, 0.2) is 0 Å². The van der Waals surface area contributed by atoms with Gasteiger partial charge in [-0.3, -0.25) is 0 Å². The smallest absolute Gasteiger partial charge is 0.427 e. The first kappa shape index (κ1) is 17.7. The normalized spacial score (nSPS) is 15.3. The molecule has 0 aromatic heterocycles. The third-order valence-electron chi connectivity index (χ3n) is 4.96. The molecule has 1 atom stereocenters. The van der Waals surface area contributed by atoms with Gasteiger partial charge in [-0.25, -0.2) is 0 Å². The largest absolute Gasteiger partial charge is 0.451 e. The quantitative estimate of drug-likeness (QED) is 0.665. The Labute approximate surface area is 113 Å². The Morgan fingerprint density at radius 3 is 1.83 bits per heavy atom. The van der Waals surface area contributed by atoms with Gasteiger partial charge in [-0.15, -0.1) is 0 Å². The van der Waals surface area contributed by atoms with Crippen molar-refractivity contribution in [2.75, 3.05) is 0 Å². The molecule has 0 aromatic rings. The Morgan fingerprint density at radius 2 is 1.61 bits per heavy atom. The molecule has 0 aliphatic heterocycles. The molecular weight excluding hydrogens is 241 g/mol. The van der Waals surface area contributed by atoms with E-state index >= 15 is 0 Å². The van der Waals surface area contributed by atoms with Gasteiger partial charge in [0, 0.05) is 0 Å². The molecule has 5 heteroatoms. The van der Waals surface area contributed by atoms with Gasteiger partial charge in [0.25, 0.3) is 0 Å². The standard InChI is InChI=1S/C13H28BNO2Si/c1-6-18(7-2,8-3)13(11-15,12(4)5)9-10-14(16)17/h12,16-17H,6-10H2,1-5H3. The molecule has 0 spiro atoms. The summed E-state index contributed by atoms with van der Waals surface area (Å²) in [4.78, 5) is 0. The first-order valence-electron chi connectivity index (χ1n) is 7.13. The third-order valence-corrected chi connectivity index (χ3v) is 11.9. The molecule has 0 saturated carbocycles. The van der Waals surface area contributed by atoms with Gasteiger partial charge < -0.3 is 10.0 Å². The molecule has 1 unspecified atom stereocenters. The average Bonchev–Trinajstić information content (AvgIpc) is 2.34. The average molecular weight is 269 g/mol. The van der Waals surface area contributed by atoms with Crippen LogP contribution in [0.4, 0.5) is 0 Å². The summed E-state index contributed by atoms with van der Waals surface area (Å²) >= 11 is 0. The van der Waals surface area contributed by atoms with Crippen molar-refractivity contribution in [1.82, 2.24) is 0 Å². The highest BCUT2D eigenvalue weighted by Gasteiger charge is 2.51. The molecule has 0 aromatic carbocycles. The predicted octanol–water partition coefficient (Wildman–Crippen LogP) is 3.28. The summed E-state index contributed by atoms with van der Waals surface area (Å²) in [6, 6.07) is 5.88. The Hall–Kier alpha value is -0.308. The minimum atomic E-state index is -1.71. The van der Waals surface area contributed by atoms with Crippen LogP contribution >= 0.6 is 0 Å². The lowest BCUT2D eigenvalue weighted by Gasteiger charge is -2.47. The lowest BCUT2D eigenvalue weighted by atomic mass is 9.78. The minimum absolute atomic E-state index is 0.271. The molecule has 0 saturated heterocycles. The van der Waals surface area contributed by atoms with Gasteiger partial charge >= 0.3 is 7.12 Å². The number of hydrogen-bond donors (Lipinski definition) is 2. The Bertz CT molecular complexity index is 279. The lowest BCUT2D eigenvalue weighted by molar-refractivity contribution is 0.385. The maximum atomic E-state index is 9.81. The van der Waals surface area contributed by atoms with E-state index in [9.17, 15) is 5.26 Å². The molecule has 3 nitrogen and oxygen atoms in total. The van der Waals surface area contributed by atoms with Crippen molar-refractivity contribution in [2.24, 2.45) is 5.92 Å². The van der Waals surface area contributed by atoms with E-state index in [4.69, 9.17) is 10.0 Å². The number of rotatable bonds is 8. The molecule has 18 heavy (non-hydrogen) atoms. The zero-order valence-corrected chi connectivity index (χ0v) is 13.5. The van der Waals surface area contributed by atoms with Crippen molar-refractivity contribution < 1.29 is 10.0 Å². The molecular formula is C13H28BNO2Si. The monoisotopic (exact) mass is 269 g/mol. The van der Waals surface area contributed by atoms with Crippen LogP contribution < -0.4 is 0 Å². The predicted molar refractivity (Wildman–Crippen MR) is 80.0 cm³/mol. The maximum absolute atomic E-state index is 9.81. The summed E-state index contributed by atoms with van der Waals surface area (Å²) < 4.78 is 0. The van der Waals surface area contributed by atoms with Gasteiger partial charge in [0.1, 0.15) is 0 Å². The topological polar surface area (TPSA) is 64.2 Å². The van der Waals surface area contributed by atoms with Crippen molar-refractivity contribution >= 4 is 15.2 Å². The highest BCUT2D eigenvalue weighted by molar-refractivity contribution is 6.83. The lowest BCUT2D eigenvalue weighted by Crippen LogP contribution is -2.49. The number of nitrogens with zero attached hydrogens (tertiary/aromatic N) is 1. The van der Waals surface area contributed by atoms with Gasteiger partial charge in [0.05, 0.1) is 19.2 Å². The van der Waals surface area contributed by atoms with E-state index in [2.05, 4.69) is 40.7 Å². The van der Waals surface area contributed by atoms with Gasteiger partial charge in [0.15, 0.2) is 0 Å². The second-order valence-corrected chi connectivity index (χ2v) is 11.2. The van der Waals surface area contributed by atoms with Crippen LogP contribution in [0.5, 0.6) is 0 Å². The SMILES string of the molecule is CC[Si](CC)(CC)C(C#N)(CCB(O)O)C(C)C. The van der Waals surface area contributed by atoms with E-state index in [1.165, 1.54) is 0 Å². The van der Waals surface area contributed by atoms with Crippen LogP contribution in [-0.2, 0) is 0 Å². The first-order valence-corrected chi connectivity index (χ1v) is 9.75. The second kappa shape index (κ2) is 7.32. The molecule has 0 radical (unpaired) electrons. The summed E-state index contributed by atoms with van der Waals surface area (Å²) in [7, 11) is -3.01. The number of hydrogen-bond acceptors (Lipinski definition) is 3. The maximum Gasteiger partial charge on any atom is 0.451 e. The Morgan fingerprint density at radius 1 is 1.17 bits per heavy atom. The fraction of sp³-hybridized carbons (Fsp3) is 0.923. The Balaban J connectivity index is 5.49. The molecule has 0 amide bonds. The van der Waals surface area contributed by atoms with Crippen LogP contribution in [0.1, 0.15) is 41.0 Å². The van der Waals surface area contributed by atoms with Crippen molar-refractivity contribution in [3.05, 3.63) is 0 Å². The summed E-state index contributed by atoms with van der Waals surface area (Å²) in [5, 5.41) is 27.7. The van der Waals surface area contributed by atoms with Gasteiger partial charge in [-0.2, -0.15) is 5.26 Å². The van der Waals surface area contributed by atoms with E-state index in [1.54, 1.807) is 0 Å². The molecule has 0 fully saturated rings. The molecule has 0 bridgehead atoms. The number of nitriles is 1. The molecule has 104 valence electrons. The summed E-state index contributed by atoms with van der Waals surface area (Å²) in [6.45, 7) is 10.8. The van der Waals surface area contributed by atoms with Crippen molar-refractivity contribution in [3.63, 3.8) is 0 Å². The van der Waals surface area contributed by atoms with Crippen LogP contribution in [0, 0.1) is 17.2 Å². The fourth-order valence-corrected chi connectivity index (χ4v) is 9.05. The molecule has 0 aliphatic carbocycles. The van der Waals surface area contributed by atoms with Crippen molar-refractivity contribution in [1.29, 1.82) is 5.26 Å². The molecule has 0 rings (SSSR count). The zero-order chi connectivity index (χ0) is 14.4. The van der Waals surface area contributed by atoms with Crippen LogP contribution in [0.2, 0.25) is 29.5 Å². The Kier molecular flexibility index (Phi) is 7.20. The van der Waals surface area contributed by atoms with Crippen LogP contribution in [0.3, 0.4) is 0 Å². The highest BCUT2D eigenvalue weighted by atomic mass is 28.3. The van der Waals surface area contributed by atoms with E-state index in [1.807, 2.05) is 0 Å². The molecule has 2 N–H and O–H groups in total. The van der Waals surface area contributed by atoms with E-state index < -0.39 is 15.2 Å². The van der Waals surface area contributed by atoms with E-state index in [0.29, 0.717) is 12.7 Å². The van der Waals surface area contributed by atoms with Gasteiger partial charge in [0.2, 0.25) is 0 Å².